The smallest absolute Gasteiger partial charge is 0.410 e. The highest BCUT2D eigenvalue weighted by atomic mass is 35.5. The van der Waals surface area contributed by atoms with Crippen molar-refractivity contribution in [2.75, 3.05) is 37.7 Å². The van der Waals surface area contributed by atoms with Gasteiger partial charge in [-0.15, -0.1) is 0 Å². The van der Waals surface area contributed by atoms with Crippen molar-refractivity contribution in [1.82, 2.24) is 24.8 Å². The number of pyridine rings is 1. The van der Waals surface area contributed by atoms with Crippen LogP contribution in [0.1, 0.15) is 73.6 Å². The van der Waals surface area contributed by atoms with Crippen molar-refractivity contribution >= 4 is 53.5 Å². The van der Waals surface area contributed by atoms with E-state index in [0.717, 1.165) is 37.6 Å². The molecular weight excluding hydrogens is 754 g/mol. The first-order valence-corrected chi connectivity index (χ1v) is 23.2. The van der Waals surface area contributed by atoms with Gasteiger partial charge in [0.15, 0.2) is 5.82 Å². The highest BCUT2D eigenvalue weighted by molar-refractivity contribution is 6.74. The first kappa shape index (κ1) is 39.0. The Morgan fingerprint density at radius 1 is 1.05 bits per heavy atom. The molecule has 14 heteroatoms. The highest BCUT2D eigenvalue weighted by Crippen LogP contribution is 2.44. The molecule has 0 spiro atoms. The molecular formula is C42H53ClF2N6O4Si. The van der Waals surface area contributed by atoms with E-state index in [2.05, 4.69) is 43.7 Å². The summed E-state index contributed by atoms with van der Waals surface area (Å²) in [4.78, 5) is 33.9. The lowest BCUT2D eigenvalue weighted by Gasteiger charge is -2.42. The Hall–Kier alpha value is -3.81. The van der Waals surface area contributed by atoms with Gasteiger partial charge in [0.1, 0.15) is 41.2 Å². The number of carbonyl (C=O) groups excluding carboxylic acids is 1. The number of hydrogen-bond donors (Lipinski definition) is 0. The molecule has 56 heavy (non-hydrogen) atoms. The molecule has 0 N–H and O–H groups in total. The third-order valence-electron chi connectivity index (χ3n) is 12.6. The van der Waals surface area contributed by atoms with E-state index in [4.69, 9.17) is 40.5 Å². The molecule has 300 valence electrons. The van der Waals surface area contributed by atoms with Gasteiger partial charge < -0.3 is 18.8 Å². The van der Waals surface area contributed by atoms with Crippen molar-refractivity contribution in [3.05, 3.63) is 47.4 Å². The maximum Gasteiger partial charge on any atom is 0.410 e. The summed E-state index contributed by atoms with van der Waals surface area (Å²) < 4.78 is 51.1. The van der Waals surface area contributed by atoms with Gasteiger partial charge >= 0.3 is 12.1 Å². The van der Waals surface area contributed by atoms with E-state index < -0.39 is 31.4 Å². The minimum absolute atomic E-state index is 0.0203. The molecule has 4 atom stereocenters. The number of rotatable bonds is 7. The number of ether oxygens (including phenoxy) is 2. The molecule has 0 aliphatic carbocycles. The molecule has 10 nitrogen and oxygen atoms in total. The standard InChI is InChI=1S/C42H53ClF2N6O4Si/c1-40(2,3)54-39(52)51-27-13-14-28(51)23-49(22-27)37-31-20-46-35(30-18-29(55-56(7,8)41(4,5)6)17-25-11-9-12-32(43)33(25)30)34(45)36(31)47-38(48-37)53-24-42-15-10-16-50(42)21-26(44)19-42/h9,11-12,17-18,20,26-28H,10,13-16,19,21-24H2,1-8H3/t26?,27-,28+,42?. The highest BCUT2D eigenvalue weighted by Gasteiger charge is 2.50. The van der Waals surface area contributed by atoms with Gasteiger partial charge in [-0.05, 0) is 94.7 Å². The first-order valence-electron chi connectivity index (χ1n) is 19.9. The molecule has 2 bridgehead atoms. The van der Waals surface area contributed by atoms with Crippen LogP contribution in [0.2, 0.25) is 23.2 Å². The maximum absolute atomic E-state index is 17.5. The largest absolute Gasteiger partial charge is 0.543 e. The molecule has 2 unspecified atom stereocenters. The van der Waals surface area contributed by atoms with E-state index in [0.29, 0.717) is 59.0 Å². The van der Waals surface area contributed by atoms with E-state index in [1.54, 1.807) is 12.3 Å². The number of amides is 1. The zero-order chi connectivity index (χ0) is 39.9. The number of nitrogens with zero attached hydrogens (tertiary/aromatic N) is 6. The van der Waals surface area contributed by atoms with Crippen LogP contribution in [0.3, 0.4) is 0 Å². The molecule has 4 saturated heterocycles. The van der Waals surface area contributed by atoms with Gasteiger partial charge in [-0.1, -0.05) is 44.5 Å². The van der Waals surface area contributed by atoms with Gasteiger partial charge in [0.05, 0.1) is 23.0 Å². The van der Waals surface area contributed by atoms with Crippen molar-refractivity contribution in [3.8, 4) is 23.0 Å². The Labute approximate surface area is 334 Å². The van der Waals surface area contributed by atoms with Crippen LogP contribution >= 0.6 is 11.6 Å². The Balaban J connectivity index is 1.23. The van der Waals surface area contributed by atoms with E-state index >= 15 is 4.39 Å². The summed E-state index contributed by atoms with van der Waals surface area (Å²) in [6, 6.07) is 9.18. The normalized spacial score (nSPS) is 24.3. The summed E-state index contributed by atoms with van der Waals surface area (Å²) in [7, 11) is -2.28. The average molecular weight is 807 g/mol. The van der Waals surface area contributed by atoms with Gasteiger partial charge in [0.25, 0.3) is 0 Å². The van der Waals surface area contributed by atoms with Gasteiger partial charge in [0, 0.05) is 48.2 Å². The van der Waals surface area contributed by atoms with Crippen LogP contribution in [-0.4, -0.2) is 101 Å². The van der Waals surface area contributed by atoms with Crippen molar-refractivity contribution in [1.29, 1.82) is 0 Å². The predicted octanol–water partition coefficient (Wildman–Crippen LogP) is 9.56. The number of fused-ring (bicyclic) bond motifs is 5. The monoisotopic (exact) mass is 806 g/mol. The predicted molar refractivity (Wildman–Crippen MR) is 219 cm³/mol. The Morgan fingerprint density at radius 3 is 2.48 bits per heavy atom. The number of anilines is 1. The molecule has 2 aromatic carbocycles. The average Bonchev–Trinajstić information content (AvgIpc) is 3.72. The lowest BCUT2D eigenvalue weighted by molar-refractivity contribution is 0.0122. The SMILES string of the molecule is CC(C)(C)OC(=O)N1[C@@H]2CC[C@H]1CN(c1nc(OCC34CCCN3CC(F)C4)nc3c(F)c(-c4cc(O[Si](C)(C)C(C)(C)C)cc5cccc(Cl)c45)ncc13)C2. The van der Waals surface area contributed by atoms with Crippen LogP contribution in [0.4, 0.5) is 19.4 Å². The minimum Gasteiger partial charge on any atom is -0.543 e. The lowest BCUT2D eigenvalue weighted by atomic mass is 9.95. The number of aromatic nitrogens is 3. The van der Waals surface area contributed by atoms with Crippen molar-refractivity contribution in [3.63, 3.8) is 0 Å². The van der Waals surface area contributed by atoms with E-state index in [9.17, 15) is 9.18 Å². The summed E-state index contributed by atoms with van der Waals surface area (Å²) in [5.41, 5.74) is -0.431. The molecule has 4 aliphatic heterocycles. The van der Waals surface area contributed by atoms with Crippen molar-refractivity contribution in [2.24, 2.45) is 0 Å². The lowest BCUT2D eigenvalue weighted by Crippen LogP contribution is -2.57. The van der Waals surface area contributed by atoms with Crippen LogP contribution in [0.5, 0.6) is 11.8 Å². The fraction of sp³-hybridized carbons (Fsp3) is 0.571. The third kappa shape index (κ3) is 7.06. The minimum atomic E-state index is -2.28. The molecule has 6 heterocycles. The number of hydrogen-bond acceptors (Lipinski definition) is 9. The van der Waals surface area contributed by atoms with Crippen LogP contribution in [0.15, 0.2) is 36.5 Å². The zero-order valence-electron chi connectivity index (χ0n) is 33.7. The van der Waals surface area contributed by atoms with Crippen LogP contribution < -0.4 is 14.1 Å². The summed E-state index contributed by atoms with van der Waals surface area (Å²) in [5.74, 6) is 0.469. The number of alkyl halides is 1. The topological polar surface area (TPSA) is 93.2 Å². The molecule has 4 aliphatic rings. The second kappa shape index (κ2) is 13.9. The van der Waals surface area contributed by atoms with E-state index in [1.165, 1.54) is 0 Å². The second-order valence-electron chi connectivity index (χ2n) is 18.7. The fourth-order valence-electron chi connectivity index (χ4n) is 8.90. The molecule has 4 aromatic rings. The van der Waals surface area contributed by atoms with Crippen molar-refractivity contribution in [2.45, 2.75) is 121 Å². The summed E-state index contributed by atoms with van der Waals surface area (Å²) in [6.07, 6.45) is 4.16. The van der Waals surface area contributed by atoms with E-state index in [1.807, 2.05) is 49.9 Å². The van der Waals surface area contributed by atoms with Crippen LogP contribution in [0, 0.1) is 5.82 Å². The van der Waals surface area contributed by atoms with E-state index in [-0.39, 0.29) is 47.0 Å². The molecule has 1 amide bonds. The maximum atomic E-state index is 17.5. The van der Waals surface area contributed by atoms with Crippen LogP contribution in [0.25, 0.3) is 32.9 Å². The van der Waals surface area contributed by atoms with Crippen LogP contribution in [-0.2, 0) is 4.74 Å². The number of piperazine rings is 1. The summed E-state index contributed by atoms with van der Waals surface area (Å²) in [5, 5.41) is 2.29. The third-order valence-corrected chi connectivity index (χ3v) is 17.3. The molecule has 2 aromatic heterocycles. The molecule has 0 radical (unpaired) electrons. The van der Waals surface area contributed by atoms with Crippen molar-refractivity contribution < 1.29 is 27.5 Å². The molecule has 4 fully saturated rings. The Morgan fingerprint density at radius 2 is 1.79 bits per heavy atom. The van der Waals surface area contributed by atoms with Gasteiger partial charge in [-0.2, -0.15) is 9.97 Å². The second-order valence-corrected chi connectivity index (χ2v) is 23.9. The molecule has 0 saturated carbocycles. The zero-order valence-corrected chi connectivity index (χ0v) is 35.5. The summed E-state index contributed by atoms with van der Waals surface area (Å²) >= 11 is 6.85. The van der Waals surface area contributed by atoms with Gasteiger partial charge in [-0.25, -0.2) is 13.6 Å². The Bertz CT molecular complexity index is 2180. The first-order chi connectivity index (χ1) is 26.3. The van der Waals surface area contributed by atoms with Gasteiger partial charge in [0.2, 0.25) is 8.32 Å². The quantitative estimate of drug-likeness (QED) is 0.169. The number of benzene rings is 2. The fourth-order valence-corrected chi connectivity index (χ4v) is 10.2. The Kier molecular flexibility index (Phi) is 9.71. The number of halogens is 3. The molecule has 8 rings (SSSR count). The number of carbonyl (C=O) groups is 1. The summed E-state index contributed by atoms with van der Waals surface area (Å²) in [6.45, 7) is 18.8. The van der Waals surface area contributed by atoms with Gasteiger partial charge in [-0.3, -0.25) is 14.8 Å².